The van der Waals surface area contributed by atoms with E-state index in [1.807, 2.05) is 0 Å². The number of hydrogen-bond acceptors (Lipinski definition) is 5. The van der Waals surface area contributed by atoms with Crippen LogP contribution < -0.4 is 10.0 Å². The fourth-order valence-electron chi connectivity index (χ4n) is 2.27. The number of anilines is 2. The maximum Gasteiger partial charge on any atom is 0.264 e. The Kier molecular flexibility index (Phi) is 5.32. The summed E-state index contributed by atoms with van der Waals surface area (Å²) in [5, 5.41) is 2.41. The molecule has 0 saturated heterocycles. The second kappa shape index (κ2) is 7.69. The van der Waals surface area contributed by atoms with Gasteiger partial charge in [-0.25, -0.2) is 31.9 Å². The van der Waals surface area contributed by atoms with Crippen LogP contribution in [0.15, 0.2) is 59.6 Å². The minimum absolute atomic E-state index is 0.0656. The van der Waals surface area contributed by atoms with Crippen molar-refractivity contribution in [1.82, 2.24) is 9.97 Å². The van der Waals surface area contributed by atoms with Gasteiger partial charge in [0.05, 0.1) is 10.5 Å². The summed E-state index contributed by atoms with van der Waals surface area (Å²) in [4.78, 5) is 19.8. The average molecular weight is 404 g/mol. The number of carbonyl (C=O) groups excluding carboxylic acids is 1. The predicted molar refractivity (Wildman–Crippen MR) is 98.3 cm³/mol. The predicted octanol–water partition coefficient (Wildman–Crippen LogP) is 3.12. The first-order chi connectivity index (χ1) is 13.2. The fourth-order valence-corrected chi connectivity index (χ4v) is 3.22. The molecular weight excluding hydrogens is 390 g/mol. The molecule has 0 saturated carbocycles. The Labute approximate surface area is 159 Å². The number of hydrogen-bond donors (Lipinski definition) is 2. The van der Waals surface area contributed by atoms with E-state index in [1.54, 1.807) is 13.0 Å². The summed E-state index contributed by atoms with van der Waals surface area (Å²) in [6, 6.07) is 9.40. The minimum atomic E-state index is -3.93. The van der Waals surface area contributed by atoms with E-state index in [1.165, 1.54) is 30.5 Å². The summed E-state index contributed by atoms with van der Waals surface area (Å²) in [5.41, 5.74) is 0.495. The van der Waals surface area contributed by atoms with Crippen LogP contribution in [0.5, 0.6) is 0 Å². The number of halogens is 2. The molecule has 28 heavy (non-hydrogen) atoms. The van der Waals surface area contributed by atoms with E-state index >= 15 is 0 Å². The molecule has 0 aliphatic carbocycles. The third kappa shape index (κ3) is 4.46. The Morgan fingerprint density at radius 2 is 1.75 bits per heavy atom. The lowest BCUT2D eigenvalue weighted by Gasteiger charge is -2.09. The lowest BCUT2D eigenvalue weighted by Crippen LogP contribution is -2.16. The molecule has 0 aliphatic rings. The van der Waals surface area contributed by atoms with Crippen LogP contribution in [0.3, 0.4) is 0 Å². The first-order valence-corrected chi connectivity index (χ1v) is 9.42. The normalized spacial score (nSPS) is 11.1. The molecule has 7 nitrogen and oxygen atoms in total. The first-order valence-electron chi connectivity index (χ1n) is 7.93. The van der Waals surface area contributed by atoms with E-state index < -0.39 is 27.6 Å². The number of carbonyl (C=O) groups is 1. The zero-order valence-corrected chi connectivity index (χ0v) is 15.3. The van der Waals surface area contributed by atoms with Gasteiger partial charge in [-0.3, -0.25) is 4.79 Å². The van der Waals surface area contributed by atoms with Gasteiger partial charge in [-0.05, 0) is 49.4 Å². The molecular formula is C18H14F2N4O3S. The van der Waals surface area contributed by atoms with Crippen molar-refractivity contribution in [3.05, 3.63) is 77.6 Å². The molecule has 1 aromatic heterocycles. The molecule has 1 amide bonds. The number of benzene rings is 2. The van der Waals surface area contributed by atoms with Crippen molar-refractivity contribution < 1.29 is 22.0 Å². The number of aryl methyl sites for hydroxylation is 1. The summed E-state index contributed by atoms with van der Waals surface area (Å²) in [5.74, 6) is -2.66. The Bertz CT molecular complexity index is 1140. The summed E-state index contributed by atoms with van der Waals surface area (Å²) in [7, 11) is -3.93. The quantitative estimate of drug-likeness (QED) is 0.680. The molecule has 3 aromatic rings. The third-order valence-electron chi connectivity index (χ3n) is 3.62. The number of amides is 1. The second-order valence-electron chi connectivity index (χ2n) is 5.73. The lowest BCUT2D eigenvalue weighted by atomic mass is 10.2. The van der Waals surface area contributed by atoms with Gasteiger partial charge in [-0.2, -0.15) is 0 Å². The van der Waals surface area contributed by atoms with Gasteiger partial charge in [0.15, 0.2) is 0 Å². The zero-order chi connectivity index (χ0) is 20.3. The molecule has 0 aliphatic heterocycles. The lowest BCUT2D eigenvalue weighted by molar-refractivity contribution is 0.102. The Morgan fingerprint density at radius 3 is 2.39 bits per heavy atom. The molecule has 0 radical (unpaired) electrons. The van der Waals surface area contributed by atoms with Gasteiger partial charge in [-0.15, -0.1) is 0 Å². The maximum atomic E-state index is 13.7. The van der Waals surface area contributed by atoms with Gasteiger partial charge in [-0.1, -0.05) is 0 Å². The van der Waals surface area contributed by atoms with Crippen molar-refractivity contribution in [3.63, 3.8) is 0 Å². The molecule has 2 N–H and O–H groups in total. The third-order valence-corrected chi connectivity index (χ3v) is 4.96. The molecule has 3 rings (SSSR count). The topological polar surface area (TPSA) is 101 Å². The summed E-state index contributed by atoms with van der Waals surface area (Å²) >= 11 is 0. The van der Waals surface area contributed by atoms with Crippen molar-refractivity contribution in [2.45, 2.75) is 11.8 Å². The largest absolute Gasteiger partial charge is 0.322 e. The summed E-state index contributed by atoms with van der Waals surface area (Å²) in [6.07, 6.45) is 1.42. The number of rotatable bonds is 5. The van der Waals surface area contributed by atoms with Crippen LogP contribution in [-0.2, 0) is 10.0 Å². The van der Waals surface area contributed by atoms with Gasteiger partial charge in [0.25, 0.3) is 15.9 Å². The van der Waals surface area contributed by atoms with E-state index in [4.69, 9.17) is 0 Å². The summed E-state index contributed by atoms with van der Waals surface area (Å²) < 4.78 is 53.6. The maximum absolute atomic E-state index is 13.7. The van der Waals surface area contributed by atoms with E-state index in [9.17, 15) is 22.0 Å². The molecule has 0 spiro atoms. The molecule has 0 bridgehead atoms. The van der Waals surface area contributed by atoms with Gasteiger partial charge in [0.2, 0.25) is 5.95 Å². The second-order valence-corrected chi connectivity index (χ2v) is 7.41. The SMILES string of the molecule is Cc1ccnc(NS(=O)(=O)c2ccc(NC(=O)c3ccc(F)cc3F)cc2)n1. The van der Waals surface area contributed by atoms with E-state index in [-0.39, 0.29) is 22.1 Å². The van der Waals surface area contributed by atoms with Crippen LogP contribution in [0.1, 0.15) is 16.1 Å². The van der Waals surface area contributed by atoms with Crippen LogP contribution in [0.2, 0.25) is 0 Å². The Hall–Kier alpha value is -3.40. The molecule has 10 heteroatoms. The van der Waals surface area contributed by atoms with Crippen molar-refractivity contribution in [2.75, 3.05) is 10.0 Å². The number of nitrogens with zero attached hydrogens (tertiary/aromatic N) is 2. The van der Waals surface area contributed by atoms with Gasteiger partial charge in [0.1, 0.15) is 11.6 Å². The van der Waals surface area contributed by atoms with Gasteiger partial charge < -0.3 is 5.32 Å². The molecule has 0 fully saturated rings. The van der Waals surface area contributed by atoms with Crippen molar-refractivity contribution >= 4 is 27.6 Å². The highest BCUT2D eigenvalue weighted by Gasteiger charge is 2.17. The van der Waals surface area contributed by atoms with Crippen molar-refractivity contribution in [3.8, 4) is 0 Å². The Morgan fingerprint density at radius 1 is 1.04 bits per heavy atom. The van der Waals surface area contributed by atoms with Crippen LogP contribution in [0.4, 0.5) is 20.4 Å². The molecule has 1 heterocycles. The Balaban J connectivity index is 1.74. The number of sulfonamides is 1. The monoisotopic (exact) mass is 404 g/mol. The highest BCUT2D eigenvalue weighted by Crippen LogP contribution is 2.18. The summed E-state index contributed by atoms with van der Waals surface area (Å²) in [6.45, 7) is 1.70. The highest BCUT2D eigenvalue weighted by molar-refractivity contribution is 7.92. The molecule has 144 valence electrons. The van der Waals surface area contributed by atoms with E-state index in [2.05, 4.69) is 20.0 Å². The van der Waals surface area contributed by atoms with Crippen molar-refractivity contribution in [1.29, 1.82) is 0 Å². The highest BCUT2D eigenvalue weighted by atomic mass is 32.2. The minimum Gasteiger partial charge on any atom is -0.322 e. The average Bonchev–Trinajstić information content (AvgIpc) is 2.61. The number of nitrogens with one attached hydrogen (secondary N) is 2. The smallest absolute Gasteiger partial charge is 0.264 e. The van der Waals surface area contributed by atoms with E-state index in [0.29, 0.717) is 11.8 Å². The van der Waals surface area contributed by atoms with Crippen molar-refractivity contribution in [2.24, 2.45) is 0 Å². The molecule has 2 aromatic carbocycles. The molecule has 0 atom stereocenters. The van der Waals surface area contributed by atoms with Crippen LogP contribution in [0.25, 0.3) is 0 Å². The molecule has 0 unspecified atom stereocenters. The zero-order valence-electron chi connectivity index (χ0n) is 14.5. The first kappa shape index (κ1) is 19.4. The van der Waals surface area contributed by atoms with E-state index in [0.717, 1.165) is 12.1 Å². The van der Waals surface area contributed by atoms with Crippen LogP contribution >= 0.6 is 0 Å². The van der Waals surface area contributed by atoms with Gasteiger partial charge >= 0.3 is 0 Å². The standard InChI is InChI=1S/C18H14F2N4O3S/c1-11-8-9-21-18(22-11)24-28(26,27)14-5-3-13(4-6-14)23-17(25)15-7-2-12(19)10-16(15)20/h2-10H,1H3,(H,23,25)(H,21,22,24). The van der Waals surface area contributed by atoms with Crippen LogP contribution in [-0.4, -0.2) is 24.3 Å². The van der Waals surface area contributed by atoms with Crippen LogP contribution in [0, 0.1) is 18.6 Å². The fraction of sp³-hybridized carbons (Fsp3) is 0.0556. The number of aromatic nitrogens is 2. The van der Waals surface area contributed by atoms with Gasteiger partial charge in [0, 0.05) is 23.6 Å².